The largest absolute Gasteiger partial charge is 0.495 e. The van der Waals surface area contributed by atoms with Crippen molar-refractivity contribution in [3.8, 4) is 0 Å². The molecule has 3 saturated heterocycles. The van der Waals surface area contributed by atoms with Gasteiger partial charge < -0.3 is 14.2 Å². The van der Waals surface area contributed by atoms with E-state index >= 15 is 0 Å². The molecule has 0 aromatic carbocycles. The summed E-state index contributed by atoms with van der Waals surface area (Å²) in [6.07, 6.45) is 0. The minimum absolute atomic E-state index is 0. The third kappa shape index (κ3) is 1.59. The number of hydrogen-bond donors (Lipinski definition) is 0. The maximum absolute atomic E-state index is 5.05. The molecule has 3 nitrogen and oxygen atoms in total. The smallest absolute Gasteiger partial charge is 0.0376 e. The molecule has 0 amide bonds. The Balaban J connectivity index is 0.000000500. The summed E-state index contributed by atoms with van der Waals surface area (Å²) in [6, 6.07) is 0. The predicted molar refractivity (Wildman–Crippen MR) is 29.2 cm³/mol. The van der Waals surface area contributed by atoms with E-state index in [0.29, 0.717) is 6.48 Å². The normalized spacial score (nSPS) is 29.7. The molecule has 3 aliphatic rings. The zero-order valence-electron chi connectivity index (χ0n) is 5.92. The van der Waals surface area contributed by atoms with Crippen LogP contribution in [-0.4, -0.2) is 19.8 Å². The monoisotopic (exact) mass is 218 g/mol. The van der Waals surface area contributed by atoms with Crippen molar-refractivity contribution >= 4 is 0 Å². The third-order valence-electron chi connectivity index (χ3n) is 1.62. The Kier molecular flexibility index (Phi) is 2.86. The molecule has 0 aliphatic carbocycles. The van der Waals surface area contributed by atoms with Crippen LogP contribution >= 0.6 is 0 Å². The molecule has 0 aromatic rings. The van der Waals surface area contributed by atoms with Crippen LogP contribution in [0.15, 0.2) is 0 Å². The summed E-state index contributed by atoms with van der Waals surface area (Å²) < 4.78 is 15.2. The molecule has 0 N–H and O–H groups in total. The Labute approximate surface area is 85.3 Å². The first-order valence-corrected chi connectivity index (χ1v) is 3.04. The molecule has 10 heavy (non-hydrogen) atoms. The second kappa shape index (κ2) is 3.15. The van der Waals surface area contributed by atoms with E-state index in [2.05, 4.69) is 6.92 Å². The Bertz CT molecular complexity index is 106. The molecule has 3 heterocycles. The molecule has 0 unspecified atom stereocenters. The van der Waals surface area contributed by atoms with E-state index < -0.39 is 0 Å². The van der Waals surface area contributed by atoms with Crippen LogP contribution in [0.5, 0.6) is 0 Å². The van der Waals surface area contributed by atoms with Gasteiger partial charge in [-0.1, -0.05) is 6.92 Å². The van der Waals surface area contributed by atoms with Gasteiger partial charge in [-0.2, -0.15) is 0 Å². The molecule has 1 radical (unpaired) electrons. The van der Waals surface area contributed by atoms with Gasteiger partial charge in [0.1, 0.15) is 0 Å². The van der Waals surface area contributed by atoms with Crippen LogP contribution in [0.3, 0.4) is 0 Å². The van der Waals surface area contributed by atoms with Gasteiger partial charge in [0, 0.05) is 64.4 Å². The van der Waals surface area contributed by atoms with Crippen molar-refractivity contribution in [1.29, 1.82) is 0 Å². The third-order valence-corrected chi connectivity index (χ3v) is 1.62. The first kappa shape index (κ1) is 9.07. The van der Waals surface area contributed by atoms with E-state index in [-0.39, 0.29) is 38.1 Å². The van der Waals surface area contributed by atoms with Crippen molar-refractivity contribution < 1.29 is 46.9 Å². The topological polar surface area (TPSA) is 27.7 Å². The van der Waals surface area contributed by atoms with Gasteiger partial charge in [0.15, 0.2) is 0 Å². The summed E-state index contributed by atoms with van der Waals surface area (Å²) in [4.78, 5) is 0. The van der Waals surface area contributed by atoms with Crippen LogP contribution < -0.4 is 0 Å². The van der Waals surface area contributed by atoms with Crippen LogP contribution in [0.1, 0.15) is 6.92 Å². The Morgan fingerprint density at radius 3 is 1.70 bits per heavy atom. The Morgan fingerprint density at radius 1 is 1.10 bits per heavy atom. The fraction of sp³-hybridized carbons (Fsp3) is 0.833. The van der Waals surface area contributed by atoms with E-state index in [1.54, 1.807) is 0 Å². The van der Waals surface area contributed by atoms with E-state index in [1.165, 1.54) is 0 Å². The van der Waals surface area contributed by atoms with E-state index in [9.17, 15) is 0 Å². The molecule has 55 valence electrons. The molecule has 4 heteroatoms. The molecule has 0 spiro atoms. The van der Waals surface area contributed by atoms with E-state index in [1.807, 2.05) is 0 Å². The quantitative estimate of drug-likeness (QED) is 0.554. The molecule has 0 aromatic heterocycles. The second-order valence-electron chi connectivity index (χ2n) is 2.93. The van der Waals surface area contributed by atoms with E-state index in [0.717, 1.165) is 19.8 Å². The van der Waals surface area contributed by atoms with Crippen LogP contribution in [0.4, 0.5) is 0 Å². The summed E-state index contributed by atoms with van der Waals surface area (Å²) in [6.45, 7) is 4.66. The summed E-state index contributed by atoms with van der Waals surface area (Å²) in [7, 11) is 0. The fourth-order valence-electron chi connectivity index (χ4n) is 0.949. The zero-order chi connectivity index (χ0) is 6.32. The summed E-state index contributed by atoms with van der Waals surface area (Å²) in [5, 5.41) is 0. The second-order valence-corrected chi connectivity index (χ2v) is 2.93. The fourth-order valence-corrected chi connectivity index (χ4v) is 0.949. The summed E-state index contributed by atoms with van der Waals surface area (Å²) in [5.41, 5.74) is 0.0990. The first-order chi connectivity index (χ1) is 4.29. The maximum Gasteiger partial charge on any atom is 0.0376 e. The SMILES string of the molecule is CC12CO[C-](OC1)OC2.[Y]. The standard InChI is InChI=1S/C6H9O3.Y/c1-6-2-7-5(8-3-6)9-4-6;/h2-4H2,1H3;/q-1;. The molecule has 0 atom stereocenters. The van der Waals surface area contributed by atoms with Crippen molar-refractivity contribution in [1.82, 2.24) is 0 Å². The molecule has 2 bridgehead atoms. The number of hydrogen-bond acceptors (Lipinski definition) is 3. The van der Waals surface area contributed by atoms with Crippen molar-refractivity contribution in [2.24, 2.45) is 5.41 Å². The van der Waals surface area contributed by atoms with Gasteiger partial charge >= 0.3 is 0 Å². The van der Waals surface area contributed by atoms with Gasteiger partial charge in [-0.3, -0.25) is 0 Å². The predicted octanol–water partition coefficient (Wildman–Crippen LogP) is 0.514. The van der Waals surface area contributed by atoms with Gasteiger partial charge in [0.05, 0.1) is 0 Å². The van der Waals surface area contributed by atoms with Crippen molar-refractivity contribution in [2.45, 2.75) is 6.92 Å². The van der Waals surface area contributed by atoms with Crippen LogP contribution in [0.2, 0.25) is 0 Å². The maximum atomic E-state index is 5.05. The van der Waals surface area contributed by atoms with Gasteiger partial charge in [0.2, 0.25) is 0 Å². The minimum atomic E-state index is 0. The molecule has 0 saturated carbocycles. The van der Waals surface area contributed by atoms with Crippen molar-refractivity contribution in [3.63, 3.8) is 0 Å². The van der Waals surface area contributed by atoms with E-state index in [4.69, 9.17) is 14.2 Å². The van der Waals surface area contributed by atoms with Crippen molar-refractivity contribution in [3.05, 3.63) is 6.48 Å². The first-order valence-electron chi connectivity index (χ1n) is 3.04. The van der Waals surface area contributed by atoms with Gasteiger partial charge in [-0.25, -0.2) is 0 Å². The summed E-state index contributed by atoms with van der Waals surface area (Å²) in [5.74, 6) is 0. The van der Waals surface area contributed by atoms with Gasteiger partial charge in [-0.15, -0.1) is 0 Å². The van der Waals surface area contributed by atoms with Gasteiger partial charge in [0.25, 0.3) is 0 Å². The molecular formula is C6H9O3Y-. The number of fused-ring (bicyclic) bond motifs is 3. The van der Waals surface area contributed by atoms with Crippen LogP contribution in [0, 0.1) is 11.9 Å². The van der Waals surface area contributed by atoms with Crippen LogP contribution in [0.25, 0.3) is 0 Å². The van der Waals surface area contributed by atoms with Gasteiger partial charge in [-0.05, 0) is 0 Å². The van der Waals surface area contributed by atoms with Crippen LogP contribution in [-0.2, 0) is 46.9 Å². The number of ether oxygens (including phenoxy) is 3. The Hall–Kier alpha value is 0.984. The molecule has 3 aliphatic heterocycles. The average molecular weight is 218 g/mol. The minimum Gasteiger partial charge on any atom is -0.495 e. The Morgan fingerprint density at radius 2 is 1.50 bits per heavy atom. The molecular weight excluding hydrogens is 209 g/mol. The number of rotatable bonds is 0. The molecule has 3 fully saturated rings. The average Bonchev–Trinajstić information content (AvgIpc) is 1.90. The van der Waals surface area contributed by atoms with Crippen molar-refractivity contribution in [2.75, 3.05) is 19.8 Å². The molecule has 3 rings (SSSR count). The summed E-state index contributed by atoms with van der Waals surface area (Å²) >= 11 is 0. The zero-order valence-corrected chi connectivity index (χ0v) is 8.76.